The number of hydrogen-bond donors (Lipinski definition) is 0. The van der Waals surface area contributed by atoms with Crippen molar-refractivity contribution in [1.82, 2.24) is 0 Å². The van der Waals surface area contributed by atoms with E-state index < -0.39 is 12.2 Å². The fourth-order valence-electron chi connectivity index (χ4n) is 4.93. The predicted octanol–water partition coefficient (Wildman–Crippen LogP) is 8.17. The standard InChI is InChI=1S/C28H46Br4O6/c29-17-21(31)13-9-5-1-3-7-11-15-25(33)37-23-19-35-28-24(20-36-27(23)28)38-26(34)16-12-8-4-2-6-10-14-22(32)18-30/h21-24,27-28H,1-20H2/t21?,22?,23-,24+,27-,28-/m1/s1. The Bertz CT molecular complexity index is 601. The number of carbonyl (C=O) groups is 2. The van der Waals surface area contributed by atoms with Crippen molar-refractivity contribution >= 4 is 75.7 Å². The molecular weight excluding hydrogens is 752 g/mol. The minimum absolute atomic E-state index is 0.196. The van der Waals surface area contributed by atoms with Crippen molar-refractivity contribution in [3.8, 4) is 0 Å². The Hall–Kier alpha value is 0.780. The lowest BCUT2D eigenvalue weighted by Gasteiger charge is -2.17. The molecule has 0 aromatic carbocycles. The van der Waals surface area contributed by atoms with E-state index in [4.69, 9.17) is 18.9 Å². The predicted molar refractivity (Wildman–Crippen MR) is 166 cm³/mol. The van der Waals surface area contributed by atoms with Crippen molar-refractivity contribution < 1.29 is 28.5 Å². The summed E-state index contributed by atoms with van der Waals surface area (Å²) >= 11 is 14.2. The quantitative estimate of drug-likeness (QED) is 0.0626. The van der Waals surface area contributed by atoms with E-state index in [9.17, 15) is 9.59 Å². The Kier molecular flexibility index (Phi) is 19.8. The first-order valence-electron chi connectivity index (χ1n) is 14.5. The van der Waals surface area contributed by atoms with Gasteiger partial charge in [-0.3, -0.25) is 9.59 Å². The van der Waals surface area contributed by atoms with Gasteiger partial charge in [0, 0.05) is 33.2 Å². The van der Waals surface area contributed by atoms with Gasteiger partial charge in [-0.05, 0) is 25.7 Å². The largest absolute Gasteiger partial charge is 0.457 e. The molecule has 0 bridgehead atoms. The van der Waals surface area contributed by atoms with Crippen LogP contribution in [-0.4, -0.2) is 69.9 Å². The normalized spacial score (nSPS) is 24.2. The molecule has 6 atom stereocenters. The molecule has 0 radical (unpaired) electrons. The smallest absolute Gasteiger partial charge is 0.306 e. The molecule has 0 N–H and O–H groups in total. The van der Waals surface area contributed by atoms with Gasteiger partial charge in [0.15, 0.2) is 12.2 Å². The van der Waals surface area contributed by atoms with Crippen molar-refractivity contribution in [2.45, 2.75) is 137 Å². The number of unbranched alkanes of at least 4 members (excludes halogenated alkanes) is 10. The Balaban J connectivity index is 1.49. The summed E-state index contributed by atoms with van der Waals surface area (Å²) in [4.78, 5) is 25.8. The first kappa shape index (κ1) is 35.0. The van der Waals surface area contributed by atoms with Gasteiger partial charge in [-0.15, -0.1) is 0 Å². The lowest BCUT2D eigenvalue weighted by atomic mass is 10.1. The average molecular weight is 798 g/mol. The SMILES string of the molecule is O=C(CCCCCCCCC(Br)CBr)O[C@H]1CO[C@H]2[C@@H]1OC[C@H]2OC(=O)CCCCCCCCC(Br)CBr. The molecule has 0 saturated carbocycles. The average Bonchev–Trinajstić information content (AvgIpc) is 3.49. The van der Waals surface area contributed by atoms with Crippen LogP contribution >= 0.6 is 63.7 Å². The number of halogens is 4. The highest BCUT2D eigenvalue weighted by molar-refractivity contribution is 9.12. The van der Waals surface area contributed by atoms with Gasteiger partial charge in [0.25, 0.3) is 0 Å². The van der Waals surface area contributed by atoms with E-state index in [1.165, 1.54) is 51.4 Å². The third-order valence-corrected chi connectivity index (χ3v) is 12.0. The number of alkyl halides is 4. The second-order valence-electron chi connectivity index (χ2n) is 10.5. The highest BCUT2D eigenvalue weighted by atomic mass is 79.9. The molecule has 0 amide bonds. The van der Waals surface area contributed by atoms with Crippen molar-refractivity contribution in [3.05, 3.63) is 0 Å². The summed E-state index contributed by atoms with van der Waals surface area (Å²) in [6, 6.07) is 0. The second kappa shape index (κ2) is 21.5. The molecule has 6 nitrogen and oxygen atoms in total. The zero-order valence-corrected chi connectivity index (χ0v) is 28.9. The molecule has 38 heavy (non-hydrogen) atoms. The molecule has 2 heterocycles. The summed E-state index contributed by atoms with van der Waals surface area (Å²) < 4.78 is 23.0. The van der Waals surface area contributed by atoms with Crippen molar-refractivity contribution in [2.75, 3.05) is 23.9 Å². The van der Waals surface area contributed by atoms with E-state index >= 15 is 0 Å². The van der Waals surface area contributed by atoms with Crippen molar-refractivity contribution in [1.29, 1.82) is 0 Å². The van der Waals surface area contributed by atoms with Gasteiger partial charge in [-0.25, -0.2) is 0 Å². The van der Waals surface area contributed by atoms with Crippen LogP contribution in [-0.2, 0) is 28.5 Å². The van der Waals surface area contributed by atoms with Gasteiger partial charge in [-0.2, -0.15) is 0 Å². The Labute approximate surface area is 263 Å². The fourth-order valence-corrected chi connectivity index (χ4v) is 6.22. The molecule has 10 heteroatoms. The van der Waals surface area contributed by atoms with Crippen LogP contribution in [0.4, 0.5) is 0 Å². The monoisotopic (exact) mass is 794 g/mol. The van der Waals surface area contributed by atoms with Crippen molar-refractivity contribution in [3.63, 3.8) is 0 Å². The minimum atomic E-state index is -0.419. The van der Waals surface area contributed by atoms with Crippen LogP contribution in [0.15, 0.2) is 0 Å². The van der Waals surface area contributed by atoms with Crippen LogP contribution in [0.1, 0.15) is 103 Å². The molecule has 2 unspecified atom stereocenters. The van der Waals surface area contributed by atoms with Crippen LogP contribution in [0.3, 0.4) is 0 Å². The van der Waals surface area contributed by atoms with Gasteiger partial charge in [-0.1, -0.05) is 128 Å². The van der Waals surface area contributed by atoms with E-state index in [0.29, 0.717) is 35.7 Å². The maximum Gasteiger partial charge on any atom is 0.306 e. The molecule has 0 aromatic heterocycles. The number of esters is 2. The van der Waals surface area contributed by atoms with Crippen LogP contribution in [0.25, 0.3) is 0 Å². The summed E-state index contributed by atoms with van der Waals surface area (Å²) in [5.41, 5.74) is 0. The number of fused-ring (bicyclic) bond motifs is 1. The first-order valence-corrected chi connectivity index (χ1v) is 18.5. The molecule has 2 aliphatic rings. The molecular formula is C28H46Br4O6. The van der Waals surface area contributed by atoms with Crippen LogP contribution in [0.2, 0.25) is 0 Å². The van der Waals surface area contributed by atoms with Gasteiger partial charge in [0.1, 0.15) is 12.2 Å². The molecule has 2 rings (SSSR count). The zero-order valence-electron chi connectivity index (χ0n) is 22.6. The molecule has 0 aromatic rings. The van der Waals surface area contributed by atoms with E-state index in [1.807, 2.05) is 0 Å². The van der Waals surface area contributed by atoms with Gasteiger partial charge >= 0.3 is 11.9 Å². The topological polar surface area (TPSA) is 71.1 Å². The van der Waals surface area contributed by atoms with E-state index in [0.717, 1.165) is 49.2 Å². The van der Waals surface area contributed by atoms with Gasteiger partial charge < -0.3 is 18.9 Å². The van der Waals surface area contributed by atoms with Crippen LogP contribution in [0, 0.1) is 0 Å². The lowest BCUT2D eigenvalue weighted by Crippen LogP contribution is -2.35. The minimum Gasteiger partial charge on any atom is -0.457 e. The second-order valence-corrected chi connectivity index (χ2v) is 14.4. The van der Waals surface area contributed by atoms with Gasteiger partial charge in [0.2, 0.25) is 0 Å². The van der Waals surface area contributed by atoms with Gasteiger partial charge in [0.05, 0.1) is 13.2 Å². The first-order chi connectivity index (χ1) is 18.4. The lowest BCUT2D eigenvalue weighted by molar-refractivity contribution is -0.155. The summed E-state index contributed by atoms with van der Waals surface area (Å²) in [5.74, 6) is -0.393. The molecule has 2 saturated heterocycles. The number of hydrogen-bond acceptors (Lipinski definition) is 6. The maximum atomic E-state index is 12.3. The van der Waals surface area contributed by atoms with Crippen LogP contribution in [0.5, 0.6) is 0 Å². The highest BCUT2D eigenvalue weighted by Gasteiger charge is 2.51. The van der Waals surface area contributed by atoms with E-state index in [-0.39, 0.29) is 24.1 Å². The Morgan fingerprint density at radius 2 is 0.947 bits per heavy atom. The van der Waals surface area contributed by atoms with E-state index in [2.05, 4.69) is 63.7 Å². The summed E-state index contributed by atoms with van der Waals surface area (Å²) in [5, 5.41) is 1.99. The van der Waals surface area contributed by atoms with Crippen molar-refractivity contribution in [2.24, 2.45) is 0 Å². The highest BCUT2D eigenvalue weighted by Crippen LogP contribution is 2.31. The molecule has 0 aliphatic carbocycles. The molecule has 222 valence electrons. The third kappa shape index (κ3) is 14.6. The molecule has 2 fully saturated rings. The molecule has 0 spiro atoms. The fraction of sp³-hybridized carbons (Fsp3) is 0.929. The number of rotatable bonds is 22. The summed E-state index contributed by atoms with van der Waals surface area (Å²) in [7, 11) is 0. The molecule has 2 aliphatic heterocycles. The number of ether oxygens (including phenoxy) is 4. The van der Waals surface area contributed by atoms with Crippen LogP contribution < -0.4 is 0 Å². The number of carbonyl (C=O) groups excluding carboxylic acids is 2. The third-order valence-electron chi connectivity index (χ3n) is 7.16. The Morgan fingerprint density at radius 3 is 1.32 bits per heavy atom. The summed E-state index contributed by atoms with van der Waals surface area (Å²) in [6.45, 7) is 0.590. The summed E-state index contributed by atoms with van der Waals surface area (Å²) in [6.07, 6.45) is 15.1. The maximum absolute atomic E-state index is 12.3. The zero-order chi connectivity index (χ0) is 27.6. The Morgan fingerprint density at radius 1 is 0.605 bits per heavy atom. The van der Waals surface area contributed by atoms with E-state index in [1.54, 1.807) is 0 Å².